The van der Waals surface area contributed by atoms with Gasteiger partial charge in [-0.25, -0.2) is 0 Å². The van der Waals surface area contributed by atoms with Crippen LogP contribution in [0.4, 0.5) is 11.4 Å². The Hall–Kier alpha value is -2.36. The highest BCUT2D eigenvalue weighted by molar-refractivity contribution is 7.77. The van der Waals surface area contributed by atoms with Crippen molar-refractivity contribution in [3.63, 3.8) is 0 Å². The Labute approximate surface area is 148 Å². The number of anilines is 2. The van der Waals surface area contributed by atoms with E-state index in [0.29, 0.717) is 18.4 Å². The first-order valence-corrected chi connectivity index (χ1v) is 9.87. The van der Waals surface area contributed by atoms with E-state index in [1.165, 1.54) is 0 Å². The topological polar surface area (TPSA) is 64.0 Å². The number of aliphatic carboxylic acids is 1. The Bertz CT molecular complexity index is 717. The van der Waals surface area contributed by atoms with Gasteiger partial charge in [-0.15, -0.1) is 0 Å². The van der Waals surface area contributed by atoms with Crippen LogP contribution in [0.15, 0.2) is 72.1 Å². The second kappa shape index (κ2) is 7.26. The second-order valence-electron chi connectivity index (χ2n) is 5.84. The molecule has 0 unspecified atom stereocenters. The molecule has 5 nitrogen and oxygen atoms in total. The minimum absolute atomic E-state index is 0.173. The molecule has 1 aliphatic rings. The number of para-hydroxylation sites is 2. The van der Waals surface area contributed by atoms with Gasteiger partial charge in [-0.3, -0.25) is 4.79 Å². The molecule has 130 valence electrons. The minimum Gasteiger partial charge on any atom is -0.481 e. The second-order valence-corrected chi connectivity index (χ2v) is 8.51. The van der Waals surface area contributed by atoms with E-state index < -0.39 is 13.8 Å². The summed E-state index contributed by atoms with van der Waals surface area (Å²) in [5.74, 6) is -0.936. The Morgan fingerprint density at radius 2 is 1.44 bits per heavy atom. The molecule has 0 saturated carbocycles. The van der Waals surface area contributed by atoms with Crippen LogP contribution < -0.4 is 9.34 Å². The fraction of sp³-hybridized carbons (Fsp3) is 0.211. The van der Waals surface area contributed by atoms with Crippen molar-refractivity contribution in [3.8, 4) is 0 Å². The molecule has 1 aliphatic heterocycles. The molecule has 1 fully saturated rings. The molecule has 1 saturated heterocycles. The lowest BCUT2D eigenvalue weighted by Crippen LogP contribution is -2.26. The van der Waals surface area contributed by atoms with Crippen molar-refractivity contribution in [1.29, 1.82) is 0 Å². The lowest BCUT2D eigenvalue weighted by molar-refractivity contribution is -0.136. The van der Waals surface area contributed by atoms with Gasteiger partial charge in [0.1, 0.15) is 6.42 Å². The number of hydrogen-bond acceptors (Lipinski definition) is 4. The average molecular weight is 357 g/mol. The number of carboxylic acids is 1. The molecule has 2 aromatic carbocycles. The highest BCUT2D eigenvalue weighted by Crippen LogP contribution is 2.72. The molecule has 2 N–H and O–H groups in total. The van der Waals surface area contributed by atoms with Gasteiger partial charge < -0.3 is 5.11 Å². The molecule has 0 amide bonds. The highest BCUT2D eigenvalue weighted by atomic mass is 31.2. The summed E-state index contributed by atoms with van der Waals surface area (Å²) in [5, 5.41) is 9.89. The first kappa shape index (κ1) is 17.5. The number of benzene rings is 2. The van der Waals surface area contributed by atoms with Crippen LogP contribution in [-0.2, 0) is 4.79 Å². The molecule has 2 aromatic rings. The van der Waals surface area contributed by atoms with E-state index >= 15 is 0 Å². The highest BCUT2D eigenvalue weighted by Gasteiger charge is 2.59. The summed E-state index contributed by atoms with van der Waals surface area (Å²) in [5.41, 5.74) is 1.81. The van der Waals surface area contributed by atoms with Crippen LogP contribution in [0, 0.1) is 0 Å². The van der Waals surface area contributed by atoms with E-state index in [4.69, 9.17) is 0 Å². The number of hydrogen-bond donors (Lipinski definition) is 2. The van der Waals surface area contributed by atoms with Crippen molar-refractivity contribution in [2.45, 2.75) is 13.3 Å². The maximum atomic E-state index is 11.9. The Balaban J connectivity index is 2.10. The van der Waals surface area contributed by atoms with Crippen LogP contribution in [0.25, 0.3) is 0 Å². The zero-order chi connectivity index (χ0) is 17.9. The van der Waals surface area contributed by atoms with Gasteiger partial charge in [0, 0.05) is 0 Å². The molecule has 3 rings (SSSR count). The third-order valence-corrected chi connectivity index (χ3v) is 7.75. The molecule has 1 heterocycles. The van der Waals surface area contributed by atoms with Gasteiger partial charge in [-0.1, -0.05) is 36.4 Å². The Morgan fingerprint density at radius 3 is 1.80 bits per heavy atom. The van der Waals surface area contributed by atoms with Crippen LogP contribution >= 0.6 is 7.79 Å². The molecular weight excluding hydrogens is 335 g/mol. The van der Waals surface area contributed by atoms with Gasteiger partial charge in [-0.2, -0.15) is 14.2 Å². The van der Waals surface area contributed by atoms with Crippen LogP contribution in [0.2, 0.25) is 0 Å². The summed E-state index contributed by atoms with van der Waals surface area (Å²) in [6.45, 7) is 3.07. The van der Waals surface area contributed by atoms with Crippen LogP contribution in [0.1, 0.15) is 13.3 Å². The van der Waals surface area contributed by atoms with Crippen molar-refractivity contribution < 1.29 is 14.8 Å². The average Bonchev–Trinajstić information content (AvgIpc) is 2.99. The van der Waals surface area contributed by atoms with Gasteiger partial charge in [0.15, 0.2) is 5.31 Å². The van der Waals surface area contributed by atoms with Crippen molar-refractivity contribution in [3.05, 3.63) is 72.1 Å². The summed E-state index contributed by atoms with van der Waals surface area (Å²) in [4.78, 5) is 23.2. The van der Waals surface area contributed by atoms with Gasteiger partial charge in [0.2, 0.25) is 0 Å². The maximum absolute atomic E-state index is 11.9. The third kappa shape index (κ3) is 3.26. The largest absolute Gasteiger partial charge is 0.481 e. The predicted octanol–water partition coefficient (Wildman–Crippen LogP) is 4.15. The summed E-state index contributed by atoms with van der Waals surface area (Å²) in [6.07, 6.45) is 1.58. The van der Waals surface area contributed by atoms with Crippen LogP contribution in [0.3, 0.4) is 0 Å². The van der Waals surface area contributed by atoms with E-state index in [9.17, 15) is 14.8 Å². The molecule has 0 bridgehead atoms. The van der Waals surface area contributed by atoms with Gasteiger partial charge in [-0.05, 0) is 37.3 Å². The quantitative estimate of drug-likeness (QED) is 0.787. The number of carbonyl (C=O) groups is 1. The summed E-state index contributed by atoms with van der Waals surface area (Å²) < 4.78 is 3.94. The predicted molar refractivity (Wildman–Crippen MR) is 103 cm³/mol. The minimum atomic E-state index is -3.00. The van der Waals surface area contributed by atoms with Crippen molar-refractivity contribution in [2.24, 2.45) is 0 Å². The Kier molecular flexibility index (Phi) is 5.07. The number of allylic oxidation sites excluding steroid dienone is 1. The van der Waals surface area contributed by atoms with Crippen molar-refractivity contribution >= 4 is 25.1 Å². The molecule has 25 heavy (non-hydrogen) atoms. The molecule has 6 heteroatoms. The summed E-state index contributed by atoms with van der Waals surface area (Å²) in [6, 6.07) is 19.4. The van der Waals surface area contributed by atoms with Gasteiger partial charge in [0.05, 0.1) is 24.5 Å². The zero-order valence-corrected chi connectivity index (χ0v) is 15.0. The summed E-state index contributed by atoms with van der Waals surface area (Å²) in [7, 11) is -3.00. The van der Waals surface area contributed by atoms with E-state index in [1.807, 2.05) is 70.0 Å². The molecule has 0 spiro atoms. The maximum Gasteiger partial charge on any atom is 0.362 e. The SMILES string of the molecule is C/C=C(/CC(=O)O)[P+]1(O)N(c2ccccc2)CCN1c1ccccc1. The van der Waals surface area contributed by atoms with E-state index in [2.05, 4.69) is 0 Å². The molecule has 0 atom stereocenters. The lowest BCUT2D eigenvalue weighted by Gasteiger charge is -2.32. The number of carboxylic acid groups (broad SMARTS) is 1. The zero-order valence-electron chi connectivity index (χ0n) is 14.1. The smallest absolute Gasteiger partial charge is 0.362 e. The molecule has 0 aliphatic carbocycles. The molecule has 0 aromatic heterocycles. The van der Waals surface area contributed by atoms with E-state index in [1.54, 1.807) is 13.0 Å². The van der Waals surface area contributed by atoms with E-state index in [0.717, 1.165) is 11.4 Å². The number of rotatable bonds is 5. The van der Waals surface area contributed by atoms with Crippen molar-refractivity contribution in [1.82, 2.24) is 0 Å². The number of nitrogens with zero attached hydrogens (tertiary/aromatic N) is 2. The molecular formula is C19H22N2O3P+. The normalized spacial score (nSPS) is 17.0. The third-order valence-electron chi connectivity index (χ3n) is 4.36. The standard InChI is InChI=1S/C19H21N2O3P/c1-2-18(15-19(22)23)25(24)20(16-9-5-3-6-10-16)13-14-21(25)17-11-7-4-8-12-17/h2-12,24H,13-15H2,1H3/p+1/b18-2-. The fourth-order valence-electron chi connectivity index (χ4n) is 3.23. The van der Waals surface area contributed by atoms with Gasteiger partial charge in [0.25, 0.3) is 0 Å². The fourth-order valence-corrected chi connectivity index (χ4v) is 6.45. The van der Waals surface area contributed by atoms with Crippen LogP contribution in [0.5, 0.6) is 0 Å². The van der Waals surface area contributed by atoms with Crippen LogP contribution in [-0.4, -0.2) is 29.1 Å². The first-order valence-electron chi connectivity index (χ1n) is 8.23. The Morgan fingerprint density at radius 1 is 1.00 bits per heavy atom. The van der Waals surface area contributed by atoms with E-state index in [-0.39, 0.29) is 6.42 Å². The monoisotopic (exact) mass is 357 g/mol. The van der Waals surface area contributed by atoms with Gasteiger partial charge >= 0.3 is 13.8 Å². The first-order chi connectivity index (χ1) is 12.1. The molecule has 0 radical (unpaired) electrons. The lowest BCUT2D eigenvalue weighted by atomic mass is 10.3. The summed E-state index contributed by atoms with van der Waals surface area (Å²) >= 11 is 0. The van der Waals surface area contributed by atoms with Crippen molar-refractivity contribution in [2.75, 3.05) is 22.4 Å².